The van der Waals surface area contributed by atoms with Crippen LogP contribution >= 0.6 is 0 Å². The van der Waals surface area contributed by atoms with Crippen LogP contribution in [0, 0.1) is 11.8 Å². The second-order valence-corrected chi connectivity index (χ2v) is 6.02. The highest BCUT2D eigenvalue weighted by molar-refractivity contribution is 5.31. The Bertz CT molecular complexity index is 310. The molecule has 3 fully saturated rings. The van der Waals surface area contributed by atoms with Crippen molar-refractivity contribution >= 4 is 0 Å². The van der Waals surface area contributed by atoms with Gasteiger partial charge in [-0.05, 0) is 31.6 Å². The van der Waals surface area contributed by atoms with Gasteiger partial charge in [0.05, 0.1) is 11.7 Å². The zero-order valence-electron chi connectivity index (χ0n) is 9.66. The minimum atomic E-state index is -0.981. The van der Waals surface area contributed by atoms with Gasteiger partial charge in [0.15, 0.2) is 0 Å². The molecule has 0 amide bonds. The Hall–Kier alpha value is -0.120. The molecular formula is C12H20O3. The molecule has 15 heavy (non-hydrogen) atoms. The molecule has 0 aromatic rings. The van der Waals surface area contributed by atoms with Gasteiger partial charge in [-0.2, -0.15) is 0 Å². The van der Waals surface area contributed by atoms with Crippen molar-refractivity contribution in [2.24, 2.45) is 11.8 Å². The highest BCUT2D eigenvalue weighted by Crippen LogP contribution is 2.68. The number of aliphatic hydroxyl groups is 2. The third-order valence-corrected chi connectivity index (χ3v) is 5.09. The Morgan fingerprint density at radius 2 is 1.53 bits per heavy atom. The van der Waals surface area contributed by atoms with Gasteiger partial charge >= 0.3 is 0 Å². The van der Waals surface area contributed by atoms with Crippen LogP contribution in [0.1, 0.15) is 40.0 Å². The van der Waals surface area contributed by atoms with Gasteiger partial charge in [-0.1, -0.05) is 13.8 Å². The fourth-order valence-corrected chi connectivity index (χ4v) is 3.94. The summed E-state index contributed by atoms with van der Waals surface area (Å²) >= 11 is 0. The van der Waals surface area contributed by atoms with Crippen molar-refractivity contribution in [3.8, 4) is 0 Å². The Kier molecular flexibility index (Phi) is 1.62. The van der Waals surface area contributed by atoms with E-state index in [9.17, 15) is 10.2 Å². The Balaban J connectivity index is 1.89. The second-order valence-electron chi connectivity index (χ2n) is 6.02. The summed E-state index contributed by atoms with van der Waals surface area (Å²) in [6.45, 7) is 6.13. The van der Waals surface area contributed by atoms with Crippen molar-refractivity contribution in [3.63, 3.8) is 0 Å². The maximum Gasteiger partial charge on any atom is 0.123 e. The summed E-state index contributed by atoms with van der Waals surface area (Å²) in [5.41, 5.74) is -2.29. The molecule has 2 N–H and O–H groups in total. The van der Waals surface area contributed by atoms with Crippen molar-refractivity contribution in [2.45, 2.75) is 62.9 Å². The average Bonchev–Trinajstić information content (AvgIpc) is 2.70. The number of hydrogen-bond acceptors (Lipinski definition) is 3. The van der Waals surface area contributed by atoms with E-state index in [2.05, 4.69) is 6.92 Å². The molecule has 1 aliphatic heterocycles. The molecule has 0 radical (unpaired) electrons. The first-order chi connectivity index (χ1) is 6.86. The lowest BCUT2D eigenvalue weighted by Crippen LogP contribution is -2.81. The summed E-state index contributed by atoms with van der Waals surface area (Å²) in [5, 5.41) is 21.0. The van der Waals surface area contributed by atoms with Gasteiger partial charge in [-0.15, -0.1) is 0 Å². The van der Waals surface area contributed by atoms with E-state index in [-0.39, 0.29) is 12.0 Å². The summed E-state index contributed by atoms with van der Waals surface area (Å²) in [7, 11) is 0. The molecule has 3 aliphatic rings. The Morgan fingerprint density at radius 1 is 1.00 bits per heavy atom. The zero-order valence-corrected chi connectivity index (χ0v) is 9.66. The quantitative estimate of drug-likeness (QED) is 0.683. The van der Waals surface area contributed by atoms with Crippen LogP contribution < -0.4 is 0 Å². The Morgan fingerprint density at radius 3 is 1.87 bits per heavy atom. The summed E-state index contributed by atoms with van der Waals surface area (Å²) in [4.78, 5) is 0. The van der Waals surface area contributed by atoms with Crippen molar-refractivity contribution in [1.82, 2.24) is 0 Å². The molecule has 1 saturated heterocycles. The standard InChI is InChI=1S/C12H20O3/c1-7-4-10(7,13)12(14)5-8(2)11(12)6-9(3)15-11/h7-9,13-14H,4-6H2,1-3H3. The van der Waals surface area contributed by atoms with Crippen molar-refractivity contribution in [2.75, 3.05) is 0 Å². The fourth-order valence-electron chi connectivity index (χ4n) is 3.94. The van der Waals surface area contributed by atoms with E-state index < -0.39 is 16.8 Å². The van der Waals surface area contributed by atoms with Crippen molar-refractivity contribution < 1.29 is 14.9 Å². The zero-order chi connectivity index (χ0) is 11.1. The van der Waals surface area contributed by atoms with E-state index in [0.717, 1.165) is 12.8 Å². The van der Waals surface area contributed by atoms with E-state index in [4.69, 9.17) is 4.74 Å². The lowest BCUT2D eigenvalue weighted by molar-refractivity contribution is -0.387. The van der Waals surface area contributed by atoms with Crippen LogP contribution in [0.25, 0.3) is 0 Å². The molecule has 3 heteroatoms. The van der Waals surface area contributed by atoms with E-state index in [1.165, 1.54) is 0 Å². The van der Waals surface area contributed by atoms with Crippen LogP contribution in [0.5, 0.6) is 0 Å². The van der Waals surface area contributed by atoms with E-state index in [1.54, 1.807) is 0 Å². The Labute approximate surface area is 90.4 Å². The van der Waals surface area contributed by atoms with Gasteiger partial charge in [0, 0.05) is 6.42 Å². The van der Waals surface area contributed by atoms with Crippen molar-refractivity contribution in [3.05, 3.63) is 0 Å². The molecule has 2 aliphatic carbocycles. The minimum Gasteiger partial charge on any atom is -0.386 e. The largest absolute Gasteiger partial charge is 0.386 e. The molecular weight excluding hydrogens is 192 g/mol. The maximum absolute atomic E-state index is 10.7. The highest BCUT2D eigenvalue weighted by atomic mass is 16.6. The minimum absolute atomic E-state index is 0.214. The van der Waals surface area contributed by atoms with Crippen LogP contribution in [0.2, 0.25) is 0 Å². The molecule has 0 aromatic heterocycles. The van der Waals surface area contributed by atoms with Gasteiger partial charge in [-0.25, -0.2) is 0 Å². The van der Waals surface area contributed by atoms with Crippen LogP contribution in [0.3, 0.4) is 0 Å². The monoisotopic (exact) mass is 212 g/mol. The van der Waals surface area contributed by atoms with Gasteiger partial charge in [0.25, 0.3) is 0 Å². The van der Waals surface area contributed by atoms with E-state index in [0.29, 0.717) is 12.3 Å². The molecule has 1 heterocycles. The van der Waals surface area contributed by atoms with Crippen molar-refractivity contribution in [1.29, 1.82) is 0 Å². The normalized spacial score (nSPS) is 67.4. The molecule has 3 nitrogen and oxygen atoms in total. The summed E-state index contributed by atoms with van der Waals surface area (Å²) < 4.78 is 5.80. The topological polar surface area (TPSA) is 49.7 Å². The molecule has 86 valence electrons. The molecule has 6 unspecified atom stereocenters. The number of hydrogen-bond donors (Lipinski definition) is 2. The van der Waals surface area contributed by atoms with Gasteiger partial charge in [-0.3, -0.25) is 0 Å². The first-order valence-electron chi connectivity index (χ1n) is 5.98. The number of ether oxygens (including phenoxy) is 1. The lowest BCUT2D eigenvalue weighted by Gasteiger charge is -2.68. The highest BCUT2D eigenvalue weighted by Gasteiger charge is 2.80. The molecule has 2 saturated carbocycles. The average molecular weight is 212 g/mol. The first kappa shape index (κ1) is 10.1. The third-order valence-electron chi connectivity index (χ3n) is 5.09. The smallest absolute Gasteiger partial charge is 0.123 e. The molecule has 0 bridgehead atoms. The first-order valence-corrected chi connectivity index (χ1v) is 5.98. The predicted molar refractivity (Wildman–Crippen MR) is 55.4 cm³/mol. The maximum atomic E-state index is 10.7. The SMILES string of the molecule is CC1CC2(O1)C(C)CC2(O)C1(O)CC1C. The summed E-state index contributed by atoms with van der Waals surface area (Å²) in [6.07, 6.45) is 2.52. The number of rotatable bonds is 1. The molecule has 6 atom stereocenters. The second kappa shape index (κ2) is 2.41. The van der Waals surface area contributed by atoms with Gasteiger partial charge < -0.3 is 14.9 Å². The van der Waals surface area contributed by atoms with E-state index >= 15 is 0 Å². The molecule has 3 rings (SSSR count). The van der Waals surface area contributed by atoms with E-state index in [1.807, 2.05) is 13.8 Å². The van der Waals surface area contributed by atoms with Crippen LogP contribution in [0.15, 0.2) is 0 Å². The summed E-state index contributed by atoms with van der Waals surface area (Å²) in [6, 6.07) is 0. The van der Waals surface area contributed by atoms with Crippen LogP contribution in [0.4, 0.5) is 0 Å². The summed E-state index contributed by atoms with van der Waals surface area (Å²) in [5.74, 6) is 0.585. The van der Waals surface area contributed by atoms with Crippen LogP contribution in [-0.4, -0.2) is 33.1 Å². The third kappa shape index (κ3) is 0.855. The fraction of sp³-hybridized carbons (Fsp3) is 1.00. The van der Waals surface area contributed by atoms with Crippen LogP contribution in [-0.2, 0) is 4.74 Å². The lowest BCUT2D eigenvalue weighted by atomic mass is 9.50. The van der Waals surface area contributed by atoms with Gasteiger partial charge in [0.2, 0.25) is 0 Å². The predicted octanol–water partition coefficient (Wildman–Crippen LogP) is 1.08. The molecule has 1 spiro atoms. The van der Waals surface area contributed by atoms with Gasteiger partial charge in [0.1, 0.15) is 11.2 Å². The molecule has 0 aromatic carbocycles.